The minimum Gasteiger partial charge on any atom is -0.322 e. The molecule has 2 N–H and O–H groups in total. The van der Waals surface area contributed by atoms with E-state index in [-0.39, 0.29) is 11.6 Å². The van der Waals surface area contributed by atoms with Crippen molar-refractivity contribution in [3.05, 3.63) is 59.7 Å². The van der Waals surface area contributed by atoms with Crippen LogP contribution < -0.4 is 10.7 Å². The first-order chi connectivity index (χ1) is 11.1. The van der Waals surface area contributed by atoms with Gasteiger partial charge in [-0.1, -0.05) is 23.8 Å². The molecule has 2 aromatic carbocycles. The van der Waals surface area contributed by atoms with E-state index >= 15 is 0 Å². The van der Waals surface area contributed by atoms with Gasteiger partial charge in [0, 0.05) is 11.3 Å². The summed E-state index contributed by atoms with van der Waals surface area (Å²) < 4.78 is 0. The second-order valence-corrected chi connectivity index (χ2v) is 4.70. The zero-order chi connectivity index (χ0) is 16.7. The zero-order valence-corrected chi connectivity index (χ0v) is 12.4. The number of aryl methyl sites for hydroxylation is 1. The van der Waals surface area contributed by atoms with Gasteiger partial charge in [0.1, 0.15) is 12.1 Å². The molecular formula is C17H13N5O. The molecule has 0 fully saturated rings. The summed E-state index contributed by atoms with van der Waals surface area (Å²) in [5, 5.41) is 23.7. The number of benzene rings is 2. The van der Waals surface area contributed by atoms with Crippen LogP contribution in [-0.4, -0.2) is 11.6 Å². The summed E-state index contributed by atoms with van der Waals surface area (Å²) in [6.07, 6.45) is 0. The van der Waals surface area contributed by atoms with Crippen molar-refractivity contribution in [2.24, 2.45) is 5.10 Å². The van der Waals surface area contributed by atoms with Gasteiger partial charge < -0.3 is 5.32 Å². The average molecular weight is 303 g/mol. The van der Waals surface area contributed by atoms with E-state index in [2.05, 4.69) is 15.8 Å². The first-order valence-electron chi connectivity index (χ1n) is 6.74. The number of amides is 1. The van der Waals surface area contributed by atoms with Crippen molar-refractivity contribution < 1.29 is 4.79 Å². The molecule has 0 spiro atoms. The van der Waals surface area contributed by atoms with E-state index in [1.54, 1.807) is 48.5 Å². The predicted molar refractivity (Wildman–Crippen MR) is 87.9 cm³/mol. The number of hydrazone groups is 1. The second-order valence-electron chi connectivity index (χ2n) is 4.70. The Balaban J connectivity index is 2.12. The minimum atomic E-state index is -0.279. The van der Waals surface area contributed by atoms with Crippen molar-refractivity contribution in [2.45, 2.75) is 6.92 Å². The van der Waals surface area contributed by atoms with Crippen molar-refractivity contribution in [3.63, 3.8) is 0 Å². The summed E-state index contributed by atoms with van der Waals surface area (Å²) in [6, 6.07) is 17.4. The predicted octanol–water partition coefficient (Wildman–Crippen LogP) is 3.06. The maximum atomic E-state index is 12.2. The monoisotopic (exact) mass is 303 g/mol. The Labute approximate surface area is 133 Å². The molecule has 23 heavy (non-hydrogen) atoms. The van der Waals surface area contributed by atoms with Gasteiger partial charge in [0.2, 0.25) is 5.71 Å². The number of hydrogen-bond donors (Lipinski definition) is 2. The molecule has 2 rings (SSSR count). The third kappa shape index (κ3) is 4.42. The summed E-state index contributed by atoms with van der Waals surface area (Å²) in [7, 11) is 0. The maximum Gasteiger partial charge on any atom is 0.255 e. The van der Waals surface area contributed by atoms with E-state index in [1.807, 2.05) is 19.1 Å². The van der Waals surface area contributed by atoms with Crippen LogP contribution in [0.25, 0.3) is 0 Å². The number of carbonyl (C=O) groups is 1. The topological polar surface area (TPSA) is 101 Å². The van der Waals surface area contributed by atoms with Gasteiger partial charge in [-0.3, -0.25) is 10.2 Å². The van der Waals surface area contributed by atoms with E-state index in [1.165, 1.54) is 0 Å². The number of rotatable bonds is 4. The van der Waals surface area contributed by atoms with Crippen molar-refractivity contribution in [1.29, 1.82) is 10.5 Å². The standard InChI is InChI=1S/C17H13N5O/c1-12-4-2-5-13(8-12)17(23)20-14-6-3-7-15(9-14)21-22-16(10-18)11-19/h2-9,21H,1H3,(H,20,23). The van der Waals surface area contributed by atoms with Crippen molar-refractivity contribution in [1.82, 2.24) is 0 Å². The number of hydrogen-bond acceptors (Lipinski definition) is 5. The molecule has 2 aromatic rings. The molecule has 0 atom stereocenters. The smallest absolute Gasteiger partial charge is 0.255 e. The highest BCUT2D eigenvalue weighted by atomic mass is 16.1. The molecule has 0 aliphatic carbocycles. The Kier molecular flexibility index (Phi) is 5.06. The Bertz CT molecular complexity index is 827. The third-order valence-electron chi connectivity index (χ3n) is 2.91. The molecule has 0 unspecified atom stereocenters. The molecule has 112 valence electrons. The lowest BCUT2D eigenvalue weighted by molar-refractivity contribution is 0.102. The summed E-state index contributed by atoms with van der Waals surface area (Å²) in [6.45, 7) is 1.92. The van der Waals surface area contributed by atoms with Gasteiger partial charge in [-0.05, 0) is 37.3 Å². The number of nitrogens with zero attached hydrogens (tertiary/aromatic N) is 3. The fourth-order valence-corrected chi connectivity index (χ4v) is 1.85. The third-order valence-corrected chi connectivity index (χ3v) is 2.91. The Hall–Kier alpha value is -3.64. The summed E-state index contributed by atoms with van der Waals surface area (Å²) >= 11 is 0. The first kappa shape index (κ1) is 15.7. The van der Waals surface area contributed by atoms with Crippen LogP contribution in [0.15, 0.2) is 53.6 Å². The van der Waals surface area contributed by atoms with Gasteiger partial charge in [-0.15, -0.1) is 0 Å². The Morgan fingerprint density at radius 2 is 1.74 bits per heavy atom. The van der Waals surface area contributed by atoms with E-state index in [9.17, 15) is 4.79 Å². The molecule has 0 heterocycles. The Morgan fingerprint density at radius 1 is 1.04 bits per heavy atom. The highest BCUT2D eigenvalue weighted by Crippen LogP contribution is 2.16. The molecule has 0 bridgehead atoms. The SMILES string of the molecule is Cc1cccc(C(=O)Nc2cccc(NN=C(C#N)C#N)c2)c1. The van der Waals surface area contributed by atoms with Gasteiger partial charge in [0.15, 0.2) is 0 Å². The summed E-state index contributed by atoms with van der Waals surface area (Å²) in [5.41, 5.74) is 5.02. The molecule has 6 heteroatoms. The van der Waals surface area contributed by atoms with E-state index in [0.29, 0.717) is 16.9 Å². The van der Waals surface area contributed by atoms with Crippen molar-refractivity contribution in [2.75, 3.05) is 10.7 Å². The quantitative estimate of drug-likeness (QED) is 0.669. The van der Waals surface area contributed by atoms with Crippen LogP contribution in [0.5, 0.6) is 0 Å². The van der Waals surface area contributed by atoms with E-state index in [4.69, 9.17) is 10.5 Å². The lowest BCUT2D eigenvalue weighted by Crippen LogP contribution is -2.12. The molecule has 0 saturated heterocycles. The minimum absolute atomic E-state index is 0.218. The van der Waals surface area contributed by atoms with Crippen LogP contribution in [-0.2, 0) is 0 Å². The summed E-state index contributed by atoms with van der Waals surface area (Å²) in [5.74, 6) is -0.218. The van der Waals surface area contributed by atoms with Crippen LogP contribution in [0, 0.1) is 29.6 Å². The molecular weight excluding hydrogens is 290 g/mol. The van der Waals surface area contributed by atoms with Crippen LogP contribution in [0.1, 0.15) is 15.9 Å². The average Bonchev–Trinajstić information content (AvgIpc) is 2.56. The maximum absolute atomic E-state index is 12.2. The van der Waals surface area contributed by atoms with E-state index < -0.39 is 0 Å². The van der Waals surface area contributed by atoms with Crippen LogP contribution >= 0.6 is 0 Å². The number of anilines is 2. The molecule has 1 amide bonds. The molecule has 0 aliphatic heterocycles. The van der Waals surface area contributed by atoms with Gasteiger partial charge in [0.05, 0.1) is 5.69 Å². The molecule has 6 nitrogen and oxygen atoms in total. The molecule has 0 aromatic heterocycles. The fraction of sp³-hybridized carbons (Fsp3) is 0.0588. The summed E-state index contributed by atoms with van der Waals surface area (Å²) in [4.78, 5) is 12.2. The lowest BCUT2D eigenvalue weighted by Gasteiger charge is -2.07. The fourth-order valence-electron chi connectivity index (χ4n) is 1.85. The molecule has 0 aliphatic rings. The first-order valence-corrected chi connectivity index (χ1v) is 6.74. The highest BCUT2D eigenvalue weighted by Gasteiger charge is 2.06. The van der Waals surface area contributed by atoms with Gasteiger partial charge in [-0.2, -0.15) is 15.6 Å². The van der Waals surface area contributed by atoms with Crippen LogP contribution in [0.3, 0.4) is 0 Å². The number of nitriles is 2. The highest BCUT2D eigenvalue weighted by molar-refractivity contribution is 6.10. The number of nitrogens with one attached hydrogen (secondary N) is 2. The Morgan fingerprint density at radius 3 is 2.43 bits per heavy atom. The van der Waals surface area contributed by atoms with Gasteiger partial charge in [0.25, 0.3) is 5.91 Å². The molecule has 0 radical (unpaired) electrons. The van der Waals surface area contributed by atoms with Gasteiger partial charge >= 0.3 is 0 Å². The zero-order valence-electron chi connectivity index (χ0n) is 12.4. The number of carbonyl (C=O) groups excluding carboxylic acids is 1. The second kappa shape index (κ2) is 7.39. The molecule has 0 saturated carbocycles. The van der Waals surface area contributed by atoms with Crippen molar-refractivity contribution in [3.8, 4) is 12.1 Å². The normalized spacial score (nSPS) is 9.17. The van der Waals surface area contributed by atoms with Gasteiger partial charge in [-0.25, -0.2) is 0 Å². The van der Waals surface area contributed by atoms with Crippen molar-refractivity contribution >= 4 is 23.0 Å². The largest absolute Gasteiger partial charge is 0.322 e. The van der Waals surface area contributed by atoms with Crippen LogP contribution in [0.4, 0.5) is 11.4 Å². The van der Waals surface area contributed by atoms with Crippen LogP contribution in [0.2, 0.25) is 0 Å². The van der Waals surface area contributed by atoms with E-state index in [0.717, 1.165) is 5.56 Å². The lowest BCUT2D eigenvalue weighted by atomic mass is 10.1.